The molecule has 0 radical (unpaired) electrons. The van der Waals surface area contributed by atoms with Crippen molar-refractivity contribution >= 4 is 5.91 Å². The summed E-state index contributed by atoms with van der Waals surface area (Å²) in [6, 6.07) is 5.84. The predicted octanol–water partition coefficient (Wildman–Crippen LogP) is 1.66. The minimum Gasteiger partial charge on any atom is -0.490 e. The number of nitrogens with one attached hydrogen (secondary N) is 2. The van der Waals surface area contributed by atoms with Gasteiger partial charge in [0.25, 0.3) is 5.91 Å². The Labute approximate surface area is 113 Å². The van der Waals surface area contributed by atoms with Crippen molar-refractivity contribution in [3.05, 3.63) is 29.3 Å². The van der Waals surface area contributed by atoms with Gasteiger partial charge in [0.2, 0.25) is 0 Å². The van der Waals surface area contributed by atoms with Gasteiger partial charge >= 0.3 is 0 Å². The fraction of sp³-hybridized carbons (Fsp3) is 0.533. The minimum atomic E-state index is 0.0292. The number of piperidine rings is 1. The van der Waals surface area contributed by atoms with Crippen LogP contribution < -0.4 is 15.4 Å². The molecule has 0 saturated carbocycles. The summed E-state index contributed by atoms with van der Waals surface area (Å²) in [5.74, 6) is 1.28. The zero-order chi connectivity index (χ0) is 13.2. The Morgan fingerprint density at radius 3 is 2.84 bits per heavy atom. The molecule has 1 atom stereocenters. The number of hydrogen-bond donors (Lipinski definition) is 2. The second-order valence-corrected chi connectivity index (χ2v) is 5.43. The molecule has 4 nitrogen and oxygen atoms in total. The third kappa shape index (κ3) is 2.59. The Hall–Kier alpha value is -1.55. The lowest BCUT2D eigenvalue weighted by Gasteiger charge is -2.26. The first-order valence-electron chi connectivity index (χ1n) is 7.03. The van der Waals surface area contributed by atoms with Gasteiger partial charge in [-0.2, -0.15) is 0 Å². The third-order valence-corrected chi connectivity index (χ3v) is 3.96. The van der Waals surface area contributed by atoms with Crippen LogP contribution in [0.1, 0.15) is 41.6 Å². The normalized spacial score (nSPS) is 23.6. The van der Waals surface area contributed by atoms with E-state index < -0.39 is 0 Å². The van der Waals surface area contributed by atoms with Crippen molar-refractivity contribution in [2.45, 2.75) is 31.8 Å². The molecule has 3 rings (SSSR count). The fourth-order valence-electron chi connectivity index (χ4n) is 2.79. The van der Waals surface area contributed by atoms with Crippen molar-refractivity contribution in [3.8, 4) is 5.75 Å². The van der Waals surface area contributed by atoms with E-state index in [0.29, 0.717) is 18.6 Å². The molecule has 0 spiro atoms. The third-order valence-electron chi connectivity index (χ3n) is 3.96. The number of carbonyl (C=O) groups is 1. The number of fused-ring (bicyclic) bond motifs is 1. The molecule has 2 aliphatic rings. The molecule has 0 aliphatic carbocycles. The van der Waals surface area contributed by atoms with Gasteiger partial charge in [0.15, 0.2) is 0 Å². The summed E-state index contributed by atoms with van der Waals surface area (Å²) in [5.41, 5.74) is 1.89. The van der Waals surface area contributed by atoms with E-state index in [1.807, 2.05) is 18.2 Å². The molecule has 1 saturated heterocycles. The molecule has 2 aliphatic heterocycles. The molecular weight excluding hydrogens is 240 g/mol. The van der Waals surface area contributed by atoms with Crippen LogP contribution in [0.15, 0.2) is 18.2 Å². The smallest absolute Gasteiger partial charge is 0.251 e. The highest BCUT2D eigenvalue weighted by molar-refractivity contribution is 5.97. The van der Waals surface area contributed by atoms with E-state index in [2.05, 4.69) is 17.6 Å². The maximum atomic E-state index is 11.8. The summed E-state index contributed by atoms with van der Waals surface area (Å²) in [6.07, 6.45) is 2.40. The van der Waals surface area contributed by atoms with E-state index in [9.17, 15) is 4.79 Å². The average molecular weight is 260 g/mol. The number of benzene rings is 1. The zero-order valence-corrected chi connectivity index (χ0v) is 11.2. The van der Waals surface area contributed by atoms with Crippen LogP contribution in [0.3, 0.4) is 0 Å². The summed E-state index contributed by atoms with van der Waals surface area (Å²) in [4.78, 5) is 11.8. The van der Waals surface area contributed by atoms with Crippen molar-refractivity contribution in [2.75, 3.05) is 19.6 Å². The Morgan fingerprint density at radius 2 is 2.05 bits per heavy atom. The zero-order valence-electron chi connectivity index (χ0n) is 11.2. The second-order valence-electron chi connectivity index (χ2n) is 5.43. The van der Waals surface area contributed by atoms with Crippen LogP contribution in [0, 0.1) is 0 Å². The molecular formula is C15H20N2O2. The molecule has 0 aromatic heterocycles. The predicted molar refractivity (Wildman–Crippen MR) is 73.7 cm³/mol. The van der Waals surface area contributed by atoms with E-state index in [-0.39, 0.29) is 5.91 Å². The van der Waals surface area contributed by atoms with Crippen LogP contribution in [0.25, 0.3) is 0 Å². The van der Waals surface area contributed by atoms with Crippen LogP contribution in [-0.2, 0) is 0 Å². The monoisotopic (exact) mass is 260 g/mol. The van der Waals surface area contributed by atoms with Crippen molar-refractivity contribution < 1.29 is 9.53 Å². The van der Waals surface area contributed by atoms with Gasteiger partial charge in [-0.05, 0) is 55.6 Å². The van der Waals surface area contributed by atoms with E-state index >= 15 is 0 Å². The number of rotatable bonds is 2. The van der Waals surface area contributed by atoms with Gasteiger partial charge in [0.05, 0.1) is 0 Å². The number of amides is 1. The lowest BCUT2D eigenvalue weighted by atomic mass is 9.91. The van der Waals surface area contributed by atoms with E-state index in [1.54, 1.807) is 0 Å². The molecule has 1 unspecified atom stereocenters. The molecule has 1 aromatic rings. The Bertz CT molecular complexity index is 481. The largest absolute Gasteiger partial charge is 0.490 e. The van der Waals surface area contributed by atoms with Crippen molar-refractivity contribution in [1.29, 1.82) is 0 Å². The highest BCUT2D eigenvalue weighted by atomic mass is 16.5. The molecule has 1 fully saturated rings. The Balaban J connectivity index is 1.80. The lowest BCUT2D eigenvalue weighted by Crippen LogP contribution is -2.35. The molecule has 4 heteroatoms. The van der Waals surface area contributed by atoms with Gasteiger partial charge in [-0.25, -0.2) is 0 Å². The SMILES string of the molecule is CC1CNC(=O)c2ccc(OC3CCNCC3)cc21. The van der Waals surface area contributed by atoms with Gasteiger partial charge in [0, 0.05) is 12.1 Å². The van der Waals surface area contributed by atoms with E-state index in [0.717, 1.165) is 42.8 Å². The summed E-state index contributed by atoms with van der Waals surface area (Å²) in [5, 5.41) is 6.23. The number of ether oxygens (including phenoxy) is 1. The van der Waals surface area contributed by atoms with Gasteiger partial charge in [0.1, 0.15) is 11.9 Å². The van der Waals surface area contributed by atoms with Gasteiger partial charge in [-0.1, -0.05) is 6.92 Å². The number of hydrogen-bond acceptors (Lipinski definition) is 3. The van der Waals surface area contributed by atoms with Crippen LogP contribution in [0.4, 0.5) is 0 Å². The lowest BCUT2D eigenvalue weighted by molar-refractivity contribution is 0.0941. The minimum absolute atomic E-state index is 0.0292. The van der Waals surface area contributed by atoms with Gasteiger partial charge < -0.3 is 15.4 Å². The summed E-state index contributed by atoms with van der Waals surface area (Å²) < 4.78 is 6.03. The van der Waals surface area contributed by atoms with E-state index in [1.165, 1.54) is 0 Å². The molecule has 19 heavy (non-hydrogen) atoms. The molecule has 1 amide bonds. The first kappa shape index (κ1) is 12.5. The summed E-state index contributed by atoms with van der Waals surface area (Å²) in [7, 11) is 0. The first-order valence-corrected chi connectivity index (χ1v) is 7.03. The van der Waals surface area contributed by atoms with Gasteiger partial charge in [-0.15, -0.1) is 0 Å². The van der Waals surface area contributed by atoms with Crippen molar-refractivity contribution in [1.82, 2.24) is 10.6 Å². The standard InChI is InChI=1S/C15H20N2O2/c1-10-9-17-15(18)13-3-2-12(8-14(10)13)19-11-4-6-16-7-5-11/h2-3,8,10-11,16H,4-7,9H2,1H3,(H,17,18). The van der Waals surface area contributed by atoms with Crippen LogP contribution in [0.5, 0.6) is 5.75 Å². The molecule has 102 valence electrons. The number of carbonyl (C=O) groups excluding carboxylic acids is 1. The van der Waals surface area contributed by atoms with Crippen LogP contribution in [0.2, 0.25) is 0 Å². The quantitative estimate of drug-likeness (QED) is 0.850. The van der Waals surface area contributed by atoms with E-state index in [4.69, 9.17) is 4.74 Å². The second kappa shape index (κ2) is 5.21. The molecule has 0 bridgehead atoms. The van der Waals surface area contributed by atoms with Crippen molar-refractivity contribution in [2.24, 2.45) is 0 Å². The molecule has 1 aromatic carbocycles. The first-order chi connectivity index (χ1) is 9.24. The maximum absolute atomic E-state index is 11.8. The fourth-order valence-corrected chi connectivity index (χ4v) is 2.79. The topological polar surface area (TPSA) is 50.4 Å². The molecule has 2 N–H and O–H groups in total. The van der Waals surface area contributed by atoms with Crippen LogP contribution >= 0.6 is 0 Å². The van der Waals surface area contributed by atoms with Crippen molar-refractivity contribution in [3.63, 3.8) is 0 Å². The maximum Gasteiger partial charge on any atom is 0.251 e. The highest BCUT2D eigenvalue weighted by Crippen LogP contribution is 2.28. The Morgan fingerprint density at radius 1 is 1.26 bits per heavy atom. The summed E-state index contributed by atoms with van der Waals surface area (Å²) >= 11 is 0. The Kier molecular flexibility index (Phi) is 3.42. The highest BCUT2D eigenvalue weighted by Gasteiger charge is 2.23. The summed E-state index contributed by atoms with van der Waals surface area (Å²) in [6.45, 7) is 4.89. The average Bonchev–Trinajstić information content (AvgIpc) is 2.44. The van der Waals surface area contributed by atoms with Gasteiger partial charge in [-0.3, -0.25) is 4.79 Å². The van der Waals surface area contributed by atoms with Crippen LogP contribution in [-0.4, -0.2) is 31.6 Å². The molecule has 2 heterocycles.